The van der Waals surface area contributed by atoms with Crippen LogP contribution in [-0.2, 0) is 19.1 Å². The molecule has 8 heteroatoms. The largest absolute Gasteiger partial charge is 0.466 e. The SMILES string of the molecule is CCCCCCCCC(CCCCCC)C(=O)OCCCCCC(CCCCCOC(=O)CC(CSCCCCCCC)SC)N(C)CCCCO. The lowest BCUT2D eigenvalue weighted by Crippen LogP contribution is -2.32. The minimum Gasteiger partial charge on any atom is -0.466 e. The molecule has 52 heavy (non-hydrogen) atoms. The minimum absolute atomic E-state index is 0.0452. The predicted molar refractivity (Wildman–Crippen MR) is 230 cm³/mol. The van der Waals surface area contributed by atoms with E-state index in [2.05, 4.69) is 39.0 Å². The van der Waals surface area contributed by atoms with E-state index in [1.807, 2.05) is 11.8 Å². The third-order valence-corrected chi connectivity index (χ3v) is 12.9. The number of thioether (sulfide) groups is 2. The van der Waals surface area contributed by atoms with Crippen molar-refractivity contribution in [3.8, 4) is 0 Å². The first-order valence-corrected chi connectivity index (χ1v) is 24.6. The van der Waals surface area contributed by atoms with E-state index < -0.39 is 0 Å². The Hall–Kier alpha value is -0.440. The molecule has 0 aromatic heterocycles. The number of aliphatic hydroxyl groups excluding tert-OH is 1. The van der Waals surface area contributed by atoms with Crippen molar-refractivity contribution >= 4 is 35.5 Å². The summed E-state index contributed by atoms with van der Waals surface area (Å²) < 4.78 is 11.5. The lowest BCUT2D eigenvalue weighted by atomic mass is 9.94. The highest BCUT2D eigenvalue weighted by molar-refractivity contribution is 8.03. The number of hydrogen-bond donors (Lipinski definition) is 1. The van der Waals surface area contributed by atoms with E-state index in [-0.39, 0.29) is 24.5 Å². The first-order valence-electron chi connectivity index (χ1n) is 22.2. The van der Waals surface area contributed by atoms with Crippen molar-refractivity contribution < 1.29 is 24.2 Å². The second-order valence-electron chi connectivity index (χ2n) is 15.3. The number of esters is 2. The van der Waals surface area contributed by atoms with Gasteiger partial charge in [0.25, 0.3) is 0 Å². The van der Waals surface area contributed by atoms with Gasteiger partial charge in [0.15, 0.2) is 0 Å². The quantitative estimate of drug-likeness (QED) is 0.0486. The van der Waals surface area contributed by atoms with Crippen molar-refractivity contribution in [3.63, 3.8) is 0 Å². The smallest absolute Gasteiger partial charge is 0.308 e. The zero-order valence-electron chi connectivity index (χ0n) is 35.1. The second-order valence-corrected chi connectivity index (χ2v) is 17.6. The number of carbonyl (C=O) groups is 2. The highest BCUT2D eigenvalue weighted by Gasteiger charge is 2.20. The Kier molecular flexibility index (Phi) is 39.9. The topological polar surface area (TPSA) is 76.1 Å². The summed E-state index contributed by atoms with van der Waals surface area (Å²) in [5.41, 5.74) is 0. The highest BCUT2D eigenvalue weighted by atomic mass is 32.2. The van der Waals surface area contributed by atoms with Gasteiger partial charge in [-0.15, -0.1) is 0 Å². The molecule has 3 atom stereocenters. The van der Waals surface area contributed by atoms with E-state index in [0.29, 0.717) is 30.9 Å². The fourth-order valence-electron chi connectivity index (χ4n) is 6.88. The average molecular weight is 774 g/mol. The number of hydrogen-bond acceptors (Lipinski definition) is 8. The average Bonchev–Trinajstić information content (AvgIpc) is 3.14. The van der Waals surface area contributed by atoms with E-state index in [1.54, 1.807) is 11.8 Å². The van der Waals surface area contributed by atoms with Crippen LogP contribution < -0.4 is 0 Å². The number of ether oxygens (including phenoxy) is 2. The molecule has 0 aromatic carbocycles. The summed E-state index contributed by atoms with van der Waals surface area (Å²) in [5, 5.41) is 9.62. The summed E-state index contributed by atoms with van der Waals surface area (Å²) in [5.74, 6) is 2.30. The Bertz CT molecular complexity index is 773. The highest BCUT2D eigenvalue weighted by Crippen LogP contribution is 2.22. The summed E-state index contributed by atoms with van der Waals surface area (Å²) in [7, 11) is 2.23. The molecule has 0 aliphatic rings. The molecule has 0 bridgehead atoms. The van der Waals surface area contributed by atoms with Crippen LogP contribution in [0.4, 0.5) is 0 Å². The third-order valence-electron chi connectivity index (χ3n) is 10.5. The predicted octanol–water partition coefficient (Wildman–Crippen LogP) is 12.4. The van der Waals surface area contributed by atoms with E-state index in [1.165, 1.54) is 89.2 Å². The van der Waals surface area contributed by atoms with Crippen LogP contribution in [0.5, 0.6) is 0 Å². The van der Waals surface area contributed by atoms with Gasteiger partial charge in [0.1, 0.15) is 0 Å². The van der Waals surface area contributed by atoms with Gasteiger partial charge in [-0.05, 0) is 83.4 Å². The van der Waals surface area contributed by atoms with Gasteiger partial charge in [0, 0.05) is 23.7 Å². The molecule has 0 heterocycles. The zero-order valence-corrected chi connectivity index (χ0v) is 36.8. The fourth-order valence-corrected chi connectivity index (χ4v) is 8.97. The van der Waals surface area contributed by atoms with Crippen molar-refractivity contribution in [3.05, 3.63) is 0 Å². The van der Waals surface area contributed by atoms with E-state index in [0.717, 1.165) is 102 Å². The Morgan fingerprint density at radius 3 is 1.69 bits per heavy atom. The molecule has 0 aliphatic heterocycles. The van der Waals surface area contributed by atoms with Crippen LogP contribution in [-0.4, -0.2) is 84.4 Å². The van der Waals surface area contributed by atoms with E-state index in [4.69, 9.17) is 9.47 Å². The van der Waals surface area contributed by atoms with Crippen LogP contribution in [0.2, 0.25) is 0 Å². The number of unbranched alkanes of at least 4 members (excludes halogenated alkanes) is 17. The molecule has 0 amide bonds. The van der Waals surface area contributed by atoms with Crippen molar-refractivity contribution in [1.82, 2.24) is 4.90 Å². The molecule has 0 saturated carbocycles. The van der Waals surface area contributed by atoms with Gasteiger partial charge in [0.05, 0.1) is 25.6 Å². The Morgan fingerprint density at radius 1 is 0.615 bits per heavy atom. The maximum absolute atomic E-state index is 13.0. The van der Waals surface area contributed by atoms with Crippen LogP contribution in [0.3, 0.4) is 0 Å². The molecule has 0 spiro atoms. The molecular weight excluding hydrogens is 687 g/mol. The van der Waals surface area contributed by atoms with Crippen LogP contribution in [0.1, 0.15) is 201 Å². The van der Waals surface area contributed by atoms with Gasteiger partial charge in [-0.1, -0.05) is 136 Å². The number of rotatable bonds is 41. The molecule has 0 aliphatic carbocycles. The first-order chi connectivity index (χ1) is 25.4. The third kappa shape index (κ3) is 32.9. The molecule has 0 rings (SSSR count). The van der Waals surface area contributed by atoms with Gasteiger partial charge in [-0.2, -0.15) is 23.5 Å². The lowest BCUT2D eigenvalue weighted by Gasteiger charge is -2.28. The van der Waals surface area contributed by atoms with Crippen molar-refractivity contribution in [2.45, 2.75) is 212 Å². The number of carbonyl (C=O) groups excluding carboxylic acids is 2. The Balaban J connectivity index is 4.44. The molecule has 0 aromatic rings. The molecular formula is C44H87NO5S2. The monoisotopic (exact) mass is 774 g/mol. The molecule has 0 saturated heterocycles. The molecule has 0 radical (unpaired) electrons. The number of aliphatic hydroxyl groups is 1. The van der Waals surface area contributed by atoms with E-state index in [9.17, 15) is 14.7 Å². The molecule has 0 fully saturated rings. The van der Waals surface area contributed by atoms with Crippen molar-refractivity contribution in [2.24, 2.45) is 5.92 Å². The van der Waals surface area contributed by atoms with Crippen molar-refractivity contribution in [1.29, 1.82) is 0 Å². The summed E-state index contributed by atoms with van der Waals surface area (Å²) in [6.07, 6.45) is 34.0. The summed E-state index contributed by atoms with van der Waals surface area (Å²) in [4.78, 5) is 28.0. The van der Waals surface area contributed by atoms with Gasteiger partial charge < -0.3 is 19.5 Å². The Morgan fingerprint density at radius 2 is 1.12 bits per heavy atom. The molecule has 6 nitrogen and oxygen atoms in total. The number of nitrogens with zero attached hydrogens (tertiary/aromatic N) is 1. The normalized spacial score (nSPS) is 13.4. The van der Waals surface area contributed by atoms with Gasteiger partial charge >= 0.3 is 11.9 Å². The summed E-state index contributed by atoms with van der Waals surface area (Å²) in [6.45, 7) is 9.08. The zero-order chi connectivity index (χ0) is 38.3. The molecule has 3 unspecified atom stereocenters. The van der Waals surface area contributed by atoms with E-state index >= 15 is 0 Å². The standard InChI is InChI=1S/C44H87NO5S2/c1-6-9-12-15-16-21-30-40(29-20-14-11-8-3)44(48)50-36-27-19-23-32-41(45(4)33-24-25-34-46)31-22-18-26-35-49-43(47)38-42(51-5)39-52-37-28-17-13-10-7-2/h40-42,46H,6-39H2,1-5H3. The van der Waals surface area contributed by atoms with Crippen LogP contribution in [0, 0.1) is 5.92 Å². The van der Waals surface area contributed by atoms with Gasteiger partial charge in [-0.3, -0.25) is 9.59 Å². The van der Waals surface area contributed by atoms with Crippen LogP contribution in [0.25, 0.3) is 0 Å². The molecule has 1 N–H and O–H groups in total. The van der Waals surface area contributed by atoms with Gasteiger partial charge in [-0.25, -0.2) is 0 Å². The Labute approximate surface area is 332 Å². The minimum atomic E-state index is -0.0460. The van der Waals surface area contributed by atoms with Crippen LogP contribution >= 0.6 is 23.5 Å². The van der Waals surface area contributed by atoms with Gasteiger partial charge in [0.2, 0.25) is 0 Å². The first kappa shape index (κ1) is 51.6. The lowest BCUT2D eigenvalue weighted by molar-refractivity contribution is -0.149. The van der Waals surface area contributed by atoms with Crippen molar-refractivity contribution in [2.75, 3.05) is 51.2 Å². The fraction of sp³-hybridized carbons (Fsp3) is 0.955. The maximum Gasteiger partial charge on any atom is 0.308 e. The molecule has 310 valence electrons. The summed E-state index contributed by atoms with van der Waals surface area (Å²) in [6, 6.07) is 0.514. The second kappa shape index (κ2) is 40.2. The van der Waals surface area contributed by atoms with Crippen LogP contribution in [0.15, 0.2) is 0 Å². The maximum atomic E-state index is 13.0. The summed E-state index contributed by atoms with van der Waals surface area (Å²) >= 11 is 3.78.